The Morgan fingerprint density at radius 2 is 2.15 bits per heavy atom. The van der Waals surface area contributed by atoms with Crippen molar-refractivity contribution >= 4 is 11.6 Å². The fourth-order valence-corrected chi connectivity index (χ4v) is 5.01. The van der Waals surface area contributed by atoms with Crippen molar-refractivity contribution in [2.75, 3.05) is 11.9 Å². The first-order valence-electron chi connectivity index (χ1n) is 11.7. The van der Waals surface area contributed by atoms with E-state index in [1.54, 1.807) is 12.3 Å². The Kier molecular flexibility index (Phi) is 5.60. The van der Waals surface area contributed by atoms with E-state index in [-0.39, 0.29) is 17.2 Å². The summed E-state index contributed by atoms with van der Waals surface area (Å²) in [5, 5.41) is 12.5. The molecule has 0 saturated heterocycles. The van der Waals surface area contributed by atoms with Crippen LogP contribution in [0.5, 0.6) is 5.75 Å². The van der Waals surface area contributed by atoms with Gasteiger partial charge in [0, 0.05) is 34.3 Å². The lowest BCUT2D eigenvalue weighted by Crippen LogP contribution is -2.27. The van der Waals surface area contributed by atoms with Gasteiger partial charge in [-0.15, -0.1) is 0 Å². The smallest absolute Gasteiger partial charge is 0.228 e. The zero-order valence-corrected chi connectivity index (χ0v) is 18.8. The second-order valence-electron chi connectivity index (χ2n) is 9.01. The summed E-state index contributed by atoms with van der Waals surface area (Å²) in [5.41, 5.74) is 5.28. The molecule has 1 aliphatic heterocycles. The predicted octanol–water partition coefficient (Wildman–Crippen LogP) is 5.64. The number of carbonyl (C=O) groups is 1. The predicted molar refractivity (Wildman–Crippen MR) is 128 cm³/mol. The van der Waals surface area contributed by atoms with Gasteiger partial charge in [0.05, 0.1) is 23.9 Å². The first-order chi connectivity index (χ1) is 16.1. The molecule has 1 saturated carbocycles. The monoisotopic (exact) mass is 437 g/mol. The number of nitrogens with zero attached hydrogens (tertiary/aromatic N) is 2. The van der Waals surface area contributed by atoms with Gasteiger partial charge in [-0.3, -0.25) is 9.78 Å². The van der Waals surface area contributed by atoms with Gasteiger partial charge in [0.1, 0.15) is 5.75 Å². The summed E-state index contributed by atoms with van der Waals surface area (Å²) in [6.45, 7) is 2.77. The fraction of sp³-hybridized carbons (Fsp3) is 0.321. The van der Waals surface area contributed by atoms with Crippen LogP contribution in [-0.2, 0) is 16.6 Å². The molecule has 0 bridgehead atoms. The molecule has 1 aliphatic carbocycles. The van der Waals surface area contributed by atoms with Gasteiger partial charge in [-0.2, -0.15) is 5.26 Å². The van der Waals surface area contributed by atoms with Gasteiger partial charge in [-0.05, 0) is 73.7 Å². The number of nitrogens with one attached hydrogen (secondary N) is 1. The lowest BCUT2D eigenvalue weighted by molar-refractivity contribution is -0.117. The number of nitriles is 1. The summed E-state index contributed by atoms with van der Waals surface area (Å²) in [7, 11) is 0. The molecule has 0 radical (unpaired) electrons. The Morgan fingerprint density at radius 1 is 1.24 bits per heavy atom. The first-order valence-corrected chi connectivity index (χ1v) is 11.7. The average molecular weight is 438 g/mol. The van der Waals surface area contributed by atoms with Crippen LogP contribution in [0.2, 0.25) is 0 Å². The maximum absolute atomic E-state index is 13.4. The van der Waals surface area contributed by atoms with Crippen LogP contribution in [0.4, 0.5) is 5.69 Å². The van der Waals surface area contributed by atoms with Crippen LogP contribution in [0.25, 0.3) is 11.3 Å². The van der Waals surface area contributed by atoms with Gasteiger partial charge in [0.15, 0.2) is 0 Å². The average Bonchev–Trinajstić information content (AvgIpc) is 3.58. The maximum atomic E-state index is 13.4. The third-order valence-corrected chi connectivity index (χ3v) is 6.97. The van der Waals surface area contributed by atoms with E-state index >= 15 is 0 Å². The minimum atomic E-state index is -0.196. The molecule has 2 aliphatic rings. The number of fused-ring (bicyclic) bond motifs is 2. The molecule has 0 unspecified atom stereocenters. The van der Waals surface area contributed by atoms with Crippen LogP contribution >= 0.6 is 0 Å². The van der Waals surface area contributed by atoms with Gasteiger partial charge in [-0.25, -0.2) is 0 Å². The SMILES string of the molecule is CCCCc1ccc(C#N)cc1NC(=O)[C@@H]1C[C@]12CCOc1ccc(-c3ccccn3)cc12. The molecule has 5 nitrogen and oxygen atoms in total. The van der Waals surface area contributed by atoms with Gasteiger partial charge < -0.3 is 10.1 Å². The Morgan fingerprint density at radius 3 is 2.94 bits per heavy atom. The Labute approximate surface area is 194 Å². The van der Waals surface area contributed by atoms with Crippen molar-refractivity contribution in [3.63, 3.8) is 0 Å². The zero-order valence-electron chi connectivity index (χ0n) is 18.8. The van der Waals surface area contributed by atoms with E-state index in [0.29, 0.717) is 12.2 Å². The highest BCUT2D eigenvalue weighted by molar-refractivity contribution is 5.97. The van der Waals surface area contributed by atoms with Crippen molar-refractivity contribution < 1.29 is 9.53 Å². The van der Waals surface area contributed by atoms with E-state index < -0.39 is 0 Å². The van der Waals surface area contributed by atoms with Gasteiger partial charge >= 0.3 is 0 Å². The van der Waals surface area contributed by atoms with E-state index in [4.69, 9.17) is 4.74 Å². The number of anilines is 1. The van der Waals surface area contributed by atoms with E-state index in [1.807, 2.05) is 42.5 Å². The second kappa shape index (κ2) is 8.71. The number of aryl methyl sites for hydroxylation is 1. The maximum Gasteiger partial charge on any atom is 0.228 e. The molecule has 166 valence electrons. The second-order valence-corrected chi connectivity index (χ2v) is 9.01. The van der Waals surface area contributed by atoms with Gasteiger partial charge in [0.25, 0.3) is 0 Å². The lowest BCUT2D eigenvalue weighted by Gasteiger charge is -2.27. The number of hydrogen-bond acceptors (Lipinski definition) is 4. The quantitative estimate of drug-likeness (QED) is 0.541. The van der Waals surface area contributed by atoms with Crippen molar-refractivity contribution in [2.24, 2.45) is 5.92 Å². The minimum absolute atomic E-state index is 0.0268. The molecule has 1 fully saturated rings. The Balaban J connectivity index is 1.42. The van der Waals surface area contributed by atoms with Crippen molar-refractivity contribution in [2.45, 2.75) is 44.4 Å². The molecular weight excluding hydrogens is 410 g/mol. The van der Waals surface area contributed by atoms with Crippen molar-refractivity contribution in [1.82, 2.24) is 4.98 Å². The highest BCUT2D eigenvalue weighted by Gasteiger charge is 2.61. The molecule has 33 heavy (non-hydrogen) atoms. The minimum Gasteiger partial charge on any atom is -0.493 e. The fourth-order valence-electron chi connectivity index (χ4n) is 5.01. The summed E-state index contributed by atoms with van der Waals surface area (Å²) in [6, 6.07) is 19.8. The number of hydrogen-bond donors (Lipinski definition) is 1. The molecule has 5 heteroatoms. The number of aromatic nitrogens is 1. The highest BCUT2D eigenvalue weighted by Crippen LogP contribution is 2.61. The van der Waals surface area contributed by atoms with Crippen molar-refractivity contribution in [3.8, 4) is 23.1 Å². The molecule has 2 aromatic carbocycles. The molecule has 1 spiro atoms. The molecule has 2 heterocycles. The van der Waals surface area contributed by atoms with Crippen LogP contribution < -0.4 is 10.1 Å². The number of carbonyl (C=O) groups excluding carboxylic acids is 1. The van der Waals surface area contributed by atoms with E-state index in [9.17, 15) is 10.1 Å². The summed E-state index contributed by atoms with van der Waals surface area (Å²) in [5.74, 6) is 0.786. The van der Waals surface area contributed by atoms with Crippen molar-refractivity contribution in [1.29, 1.82) is 5.26 Å². The molecule has 5 rings (SSSR count). The Hall–Kier alpha value is -3.65. The van der Waals surface area contributed by atoms with Crippen LogP contribution in [0.3, 0.4) is 0 Å². The lowest BCUT2D eigenvalue weighted by atomic mass is 9.86. The van der Waals surface area contributed by atoms with Crippen LogP contribution in [0.15, 0.2) is 60.8 Å². The molecule has 2 atom stereocenters. The van der Waals surface area contributed by atoms with Crippen LogP contribution in [0.1, 0.15) is 49.3 Å². The number of pyridine rings is 1. The summed E-state index contributed by atoms with van der Waals surface area (Å²) in [4.78, 5) is 17.9. The molecule has 1 amide bonds. The third kappa shape index (κ3) is 3.98. The van der Waals surface area contributed by atoms with E-state index in [1.165, 1.54) is 0 Å². The van der Waals surface area contributed by atoms with Gasteiger partial charge in [0.2, 0.25) is 5.91 Å². The topological polar surface area (TPSA) is 75.0 Å². The molecule has 3 aromatic rings. The van der Waals surface area contributed by atoms with Gasteiger partial charge in [-0.1, -0.05) is 25.5 Å². The number of benzene rings is 2. The number of rotatable bonds is 6. The molecule has 1 N–H and O–H groups in total. The molecular formula is C28H27N3O2. The molecule has 1 aromatic heterocycles. The summed E-state index contributed by atoms with van der Waals surface area (Å²) < 4.78 is 5.94. The summed E-state index contributed by atoms with van der Waals surface area (Å²) in [6.07, 6.45) is 6.43. The standard InChI is InChI=1S/C28H27N3O2/c1-2-3-6-20-9-8-19(18-29)15-25(20)31-27(32)23-17-28(23)12-14-33-26-11-10-21(16-22(26)28)24-7-4-5-13-30-24/h4-5,7-11,13,15-16,23H,2-3,6,12,14,17H2,1H3,(H,31,32)/t23-,28-/m0/s1. The third-order valence-electron chi connectivity index (χ3n) is 6.97. The zero-order chi connectivity index (χ0) is 22.8. The van der Waals surface area contributed by atoms with Crippen LogP contribution in [0, 0.1) is 17.2 Å². The van der Waals surface area contributed by atoms with Crippen LogP contribution in [-0.4, -0.2) is 17.5 Å². The van der Waals surface area contributed by atoms with E-state index in [2.05, 4.69) is 29.4 Å². The highest BCUT2D eigenvalue weighted by atomic mass is 16.5. The summed E-state index contributed by atoms with van der Waals surface area (Å²) >= 11 is 0. The normalized spacial score (nSPS) is 20.4. The number of ether oxygens (including phenoxy) is 1. The number of unbranched alkanes of at least 4 members (excludes halogenated alkanes) is 1. The van der Waals surface area contributed by atoms with Crippen molar-refractivity contribution in [3.05, 3.63) is 77.5 Å². The van der Waals surface area contributed by atoms with E-state index in [0.717, 1.165) is 65.9 Å². The first kappa shape index (κ1) is 21.2. The Bertz CT molecular complexity index is 1230. The number of amides is 1. The largest absolute Gasteiger partial charge is 0.493 e.